The van der Waals surface area contributed by atoms with E-state index in [0.717, 1.165) is 38.4 Å². The number of carbonyl (C=O) groups is 1. The lowest BCUT2D eigenvalue weighted by molar-refractivity contribution is 0.0626. The normalized spacial score (nSPS) is 14.0. The van der Waals surface area contributed by atoms with Crippen molar-refractivity contribution in [1.82, 2.24) is 14.8 Å². The molecule has 2 aromatic heterocycles. The molecule has 1 fully saturated rings. The molecule has 0 aliphatic carbocycles. The van der Waals surface area contributed by atoms with Crippen LogP contribution in [0, 0.1) is 0 Å². The molecule has 0 saturated carbocycles. The minimum atomic E-state index is 0. The Kier molecular flexibility index (Phi) is 10.7. The standard InChI is InChI=1S/C16H20N4O2.3ClH/c17-10-15-9-13(12-22-15)16(21)20-7-5-19(6-8-20)11-14-3-1-2-4-18-14;;;/h1-4,9,12H,5-8,10-11,17H2;3*1H. The van der Waals surface area contributed by atoms with Gasteiger partial charge in [0.25, 0.3) is 5.91 Å². The molecule has 1 aliphatic rings. The van der Waals surface area contributed by atoms with Crippen molar-refractivity contribution >= 4 is 43.1 Å². The molecular formula is C16H23Cl3N4O2. The molecule has 0 radical (unpaired) electrons. The van der Waals surface area contributed by atoms with Crippen LogP contribution in [0.1, 0.15) is 21.8 Å². The van der Waals surface area contributed by atoms with E-state index in [0.29, 0.717) is 17.9 Å². The van der Waals surface area contributed by atoms with Crippen LogP contribution < -0.4 is 5.73 Å². The highest BCUT2D eigenvalue weighted by atomic mass is 35.5. The Bertz CT molecular complexity index is 631. The zero-order valence-corrected chi connectivity index (χ0v) is 16.1. The molecule has 0 unspecified atom stereocenters. The molecule has 0 bridgehead atoms. The van der Waals surface area contributed by atoms with Crippen molar-refractivity contribution < 1.29 is 9.21 Å². The Morgan fingerprint density at radius 2 is 1.88 bits per heavy atom. The maximum Gasteiger partial charge on any atom is 0.257 e. The predicted octanol–water partition coefficient (Wildman–Crippen LogP) is 2.36. The molecule has 3 heterocycles. The summed E-state index contributed by atoms with van der Waals surface area (Å²) in [6.45, 7) is 4.27. The minimum Gasteiger partial charge on any atom is -0.467 e. The van der Waals surface area contributed by atoms with Crippen molar-refractivity contribution in [2.24, 2.45) is 5.73 Å². The van der Waals surface area contributed by atoms with Gasteiger partial charge < -0.3 is 15.1 Å². The molecule has 3 rings (SSSR count). The van der Waals surface area contributed by atoms with Gasteiger partial charge in [-0.15, -0.1) is 37.2 Å². The molecule has 1 amide bonds. The average Bonchev–Trinajstić information content (AvgIpc) is 3.05. The Morgan fingerprint density at radius 1 is 1.16 bits per heavy atom. The summed E-state index contributed by atoms with van der Waals surface area (Å²) in [5, 5.41) is 0. The molecule has 1 saturated heterocycles. The van der Waals surface area contributed by atoms with Gasteiger partial charge in [0.1, 0.15) is 12.0 Å². The topological polar surface area (TPSA) is 75.6 Å². The minimum absolute atomic E-state index is 0. The molecule has 0 spiro atoms. The second kappa shape index (κ2) is 11.3. The summed E-state index contributed by atoms with van der Waals surface area (Å²) in [5.41, 5.74) is 7.14. The van der Waals surface area contributed by atoms with E-state index < -0.39 is 0 Å². The lowest BCUT2D eigenvalue weighted by atomic mass is 10.2. The number of nitrogens with zero attached hydrogens (tertiary/aromatic N) is 3. The van der Waals surface area contributed by atoms with E-state index >= 15 is 0 Å². The number of hydrogen-bond acceptors (Lipinski definition) is 5. The number of aromatic nitrogens is 1. The molecule has 2 N–H and O–H groups in total. The quantitative estimate of drug-likeness (QED) is 0.839. The third kappa shape index (κ3) is 6.17. The molecule has 0 aromatic carbocycles. The molecular weight excluding hydrogens is 387 g/mol. The number of furan rings is 1. The van der Waals surface area contributed by atoms with E-state index in [-0.39, 0.29) is 43.1 Å². The molecule has 9 heteroatoms. The van der Waals surface area contributed by atoms with Gasteiger partial charge in [0.2, 0.25) is 0 Å². The summed E-state index contributed by atoms with van der Waals surface area (Å²) < 4.78 is 5.23. The van der Waals surface area contributed by atoms with E-state index in [1.165, 1.54) is 6.26 Å². The van der Waals surface area contributed by atoms with Crippen LogP contribution in [-0.2, 0) is 13.1 Å². The maximum atomic E-state index is 12.4. The van der Waals surface area contributed by atoms with Crippen molar-refractivity contribution in [3.63, 3.8) is 0 Å². The summed E-state index contributed by atoms with van der Waals surface area (Å²) in [5.74, 6) is 0.651. The zero-order valence-electron chi connectivity index (χ0n) is 13.7. The van der Waals surface area contributed by atoms with Crippen LogP contribution >= 0.6 is 37.2 Å². The van der Waals surface area contributed by atoms with Crippen LogP contribution in [0.15, 0.2) is 41.1 Å². The number of amides is 1. The summed E-state index contributed by atoms with van der Waals surface area (Å²) in [4.78, 5) is 20.9. The highest BCUT2D eigenvalue weighted by Crippen LogP contribution is 2.13. The van der Waals surface area contributed by atoms with Gasteiger partial charge >= 0.3 is 0 Å². The number of hydrogen-bond donors (Lipinski definition) is 1. The van der Waals surface area contributed by atoms with Crippen molar-refractivity contribution in [2.75, 3.05) is 26.2 Å². The lowest BCUT2D eigenvalue weighted by Crippen LogP contribution is -2.48. The Hall–Kier alpha value is -1.31. The molecule has 0 atom stereocenters. The highest BCUT2D eigenvalue weighted by Gasteiger charge is 2.23. The smallest absolute Gasteiger partial charge is 0.257 e. The molecule has 6 nitrogen and oxygen atoms in total. The fraction of sp³-hybridized carbons (Fsp3) is 0.375. The Morgan fingerprint density at radius 3 is 2.44 bits per heavy atom. The molecule has 2 aromatic rings. The number of pyridine rings is 1. The number of piperazine rings is 1. The van der Waals surface area contributed by atoms with Gasteiger partial charge in [0, 0.05) is 38.9 Å². The van der Waals surface area contributed by atoms with Crippen LogP contribution in [0.5, 0.6) is 0 Å². The highest BCUT2D eigenvalue weighted by molar-refractivity contribution is 5.94. The van der Waals surface area contributed by atoms with E-state index in [9.17, 15) is 4.79 Å². The lowest BCUT2D eigenvalue weighted by Gasteiger charge is -2.34. The van der Waals surface area contributed by atoms with Gasteiger partial charge in [-0.05, 0) is 18.2 Å². The van der Waals surface area contributed by atoms with E-state index in [2.05, 4.69) is 9.88 Å². The predicted molar refractivity (Wildman–Crippen MR) is 104 cm³/mol. The number of halogens is 3. The van der Waals surface area contributed by atoms with E-state index in [1.807, 2.05) is 29.3 Å². The van der Waals surface area contributed by atoms with Gasteiger partial charge in [-0.1, -0.05) is 6.07 Å². The van der Waals surface area contributed by atoms with Crippen LogP contribution in [0.3, 0.4) is 0 Å². The first-order valence-corrected chi connectivity index (χ1v) is 7.45. The molecule has 140 valence electrons. The van der Waals surface area contributed by atoms with E-state index in [1.54, 1.807) is 6.07 Å². The monoisotopic (exact) mass is 408 g/mol. The summed E-state index contributed by atoms with van der Waals surface area (Å²) in [6.07, 6.45) is 3.30. The van der Waals surface area contributed by atoms with Gasteiger partial charge in [-0.3, -0.25) is 14.7 Å². The van der Waals surface area contributed by atoms with Crippen LogP contribution in [0.4, 0.5) is 0 Å². The van der Waals surface area contributed by atoms with Crippen LogP contribution in [-0.4, -0.2) is 46.9 Å². The van der Waals surface area contributed by atoms with Crippen molar-refractivity contribution in [1.29, 1.82) is 0 Å². The summed E-state index contributed by atoms with van der Waals surface area (Å²) >= 11 is 0. The first-order chi connectivity index (χ1) is 10.8. The van der Waals surface area contributed by atoms with Gasteiger partial charge in [-0.25, -0.2) is 0 Å². The van der Waals surface area contributed by atoms with Gasteiger partial charge in [-0.2, -0.15) is 0 Å². The Labute approximate surface area is 166 Å². The number of nitrogens with two attached hydrogens (primary N) is 1. The maximum absolute atomic E-state index is 12.4. The largest absolute Gasteiger partial charge is 0.467 e. The number of carbonyl (C=O) groups excluding carboxylic acids is 1. The van der Waals surface area contributed by atoms with Crippen molar-refractivity contribution in [3.8, 4) is 0 Å². The third-order valence-electron chi connectivity index (χ3n) is 3.87. The molecule has 25 heavy (non-hydrogen) atoms. The second-order valence-electron chi connectivity index (χ2n) is 5.40. The third-order valence-corrected chi connectivity index (χ3v) is 3.87. The second-order valence-corrected chi connectivity index (χ2v) is 5.40. The first-order valence-electron chi connectivity index (χ1n) is 7.45. The van der Waals surface area contributed by atoms with Crippen molar-refractivity contribution in [3.05, 3.63) is 53.7 Å². The van der Waals surface area contributed by atoms with Crippen LogP contribution in [0.2, 0.25) is 0 Å². The van der Waals surface area contributed by atoms with Gasteiger partial charge in [0.15, 0.2) is 0 Å². The summed E-state index contributed by atoms with van der Waals surface area (Å²) in [6, 6.07) is 7.66. The first kappa shape index (κ1) is 23.7. The van der Waals surface area contributed by atoms with Crippen molar-refractivity contribution in [2.45, 2.75) is 13.1 Å². The molecule has 1 aliphatic heterocycles. The average molecular weight is 410 g/mol. The number of rotatable bonds is 4. The Balaban J connectivity index is 0.00000192. The SMILES string of the molecule is Cl.Cl.Cl.NCc1cc(C(=O)N2CCN(Cc3ccccn3)CC2)co1. The van der Waals surface area contributed by atoms with Gasteiger partial charge in [0.05, 0.1) is 17.8 Å². The fourth-order valence-corrected chi connectivity index (χ4v) is 2.61. The summed E-state index contributed by atoms with van der Waals surface area (Å²) in [7, 11) is 0. The van der Waals surface area contributed by atoms with E-state index in [4.69, 9.17) is 10.2 Å². The zero-order chi connectivity index (χ0) is 15.4. The fourth-order valence-electron chi connectivity index (χ4n) is 2.61. The van der Waals surface area contributed by atoms with Crippen LogP contribution in [0.25, 0.3) is 0 Å².